The Bertz CT molecular complexity index is 1700. The fraction of sp³-hybridized carbons (Fsp3) is 0.375. The predicted molar refractivity (Wildman–Crippen MR) is 165 cm³/mol. The minimum atomic E-state index is -0.352. The number of hydrogen-bond donors (Lipinski definition) is 0. The zero-order valence-corrected chi connectivity index (χ0v) is 25.3. The summed E-state index contributed by atoms with van der Waals surface area (Å²) in [6.07, 6.45) is 0.722. The number of carbonyl (C=O) groups excluding carboxylic acids is 4. The molecule has 0 atom stereocenters. The summed E-state index contributed by atoms with van der Waals surface area (Å²) in [5, 5.41) is 12.4. The number of fused-ring (bicyclic) bond motifs is 5. The summed E-state index contributed by atoms with van der Waals surface area (Å²) in [6, 6.07) is 15.4. The lowest BCUT2D eigenvalue weighted by molar-refractivity contribution is -0.137. The first-order chi connectivity index (χ1) is 21.8. The number of azide groups is 1. The Morgan fingerprint density at radius 3 is 2.40 bits per heavy atom. The molecule has 3 aromatic rings. The van der Waals surface area contributed by atoms with Crippen molar-refractivity contribution in [1.82, 2.24) is 19.9 Å². The van der Waals surface area contributed by atoms with Crippen molar-refractivity contribution in [3.05, 3.63) is 75.7 Å². The van der Waals surface area contributed by atoms with Crippen molar-refractivity contribution >= 4 is 29.2 Å². The van der Waals surface area contributed by atoms with Crippen LogP contribution in [-0.4, -0.2) is 69.7 Å². The predicted octanol–water partition coefficient (Wildman–Crippen LogP) is 4.62. The Kier molecular flexibility index (Phi) is 9.81. The van der Waals surface area contributed by atoms with Crippen molar-refractivity contribution in [3.8, 4) is 22.5 Å². The van der Waals surface area contributed by atoms with Crippen LogP contribution in [0.1, 0.15) is 45.1 Å². The minimum absolute atomic E-state index is 0.0420. The lowest BCUT2D eigenvalue weighted by Crippen LogP contribution is -2.33. The summed E-state index contributed by atoms with van der Waals surface area (Å²) in [4.78, 5) is 56.5. The van der Waals surface area contributed by atoms with E-state index in [-0.39, 0.29) is 55.9 Å². The smallest absolute Gasteiger partial charge is 0.256 e. The number of rotatable bonds is 13. The third-order valence-electron chi connectivity index (χ3n) is 8.09. The van der Waals surface area contributed by atoms with Gasteiger partial charge in [0.2, 0.25) is 5.91 Å². The Morgan fingerprint density at radius 1 is 0.933 bits per heavy atom. The molecule has 45 heavy (non-hydrogen) atoms. The number of imide groups is 1. The van der Waals surface area contributed by atoms with Crippen LogP contribution in [0.25, 0.3) is 33.0 Å². The zero-order chi connectivity index (χ0) is 31.9. The number of ether oxygens (including phenoxy) is 1. The van der Waals surface area contributed by atoms with E-state index in [1.807, 2.05) is 48.5 Å². The second-order valence-corrected chi connectivity index (χ2v) is 10.9. The average molecular weight is 611 g/mol. The number of hydrogen-bond acceptors (Lipinski definition) is 8. The molecule has 0 aliphatic carbocycles. The Morgan fingerprint density at radius 2 is 1.64 bits per heavy atom. The maximum Gasteiger partial charge on any atom is 0.256 e. The second kappa shape index (κ2) is 14.1. The number of amides is 3. The van der Waals surface area contributed by atoms with Gasteiger partial charge in [-0.2, -0.15) is 0 Å². The third-order valence-corrected chi connectivity index (χ3v) is 8.09. The molecule has 0 saturated carbocycles. The Balaban J connectivity index is 1.29. The summed E-state index contributed by atoms with van der Waals surface area (Å²) in [6.45, 7) is 4.92. The highest BCUT2D eigenvalue weighted by Crippen LogP contribution is 2.41. The highest BCUT2D eigenvalue weighted by molar-refractivity contribution is 6.18. The van der Waals surface area contributed by atoms with E-state index in [0.29, 0.717) is 55.3 Å². The summed E-state index contributed by atoms with van der Waals surface area (Å²) >= 11 is 0. The molecule has 0 N–H and O–H groups in total. The second-order valence-electron chi connectivity index (χ2n) is 10.9. The summed E-state index contributed by atoms with van der Waals surface area (Å²) < 4.78 is 7.41. The number of benzene rings is 2. The van der Waals surface area contributed by atoms with Crippen LogP contribution in [0.15, 0.2) is 64.8 Å². The molecule has 0 fully saturated rings. The molecule has 2 aromatic carbocycles. The molecular weight excluding hydrogens is 576 g/mol. The van der Waals surface area contributed by atoms with Crippen molar-refractivity contribution in [2.75, 3.05) is 31.2 Å². The van der Waals surface area contributed by atoms with Crippen molar-refractivity contribution in [3.63, 3.8) is 0 Å². The molecule has 2 aliphatic rings. The van der Waals surface area contributed by atoms with Gasteiger partial charge in [0.05, 0.1) is 37.7 Å². The average Bonchev–Trinajstić information content (AvgIpc) is 3.53. The van der Waals surface area contributed by atoms with Gasteiger partial charge in [0.25, 0.3) is 11.8 Å². The first kappa shape index (κ1) is 31.3. The first-order valence-electron chi connectivity index (χ1n) is 14.9. The number of aromatic nitrogens is 3. The van der Waals surface area contributed by atoms with Gasteiger partial charge in [-0.15, -0.1) is 5.10 Å². The van der Waals surface area contributed by atoms with Crippen LogP contribution >= 0.6 is 0 Å². The number of Topliss-reactive ketones (excluding diaryl/α,β-unsaturated/α-hetero) is 1. The number of para-hydroxylation sites is 1. The maximum atomic E-state index is 13.7. The van der Waals surface area contributed by atoms with Gasteiger partial charge < -0.3 is 9.64 Å². The molecule has 13 nitrogen and oxygen atoms in total. The fourth-order valence-electron chi connectivity index (χ4n) is 5.55. The van der Waals surface area contributed by atoms with Crippen molar-refractivity contribution in [2.24, 2.45) is 5.11 Å². The summed E-state index contributed by atoms with van der Waals surface area (Å²) in [5.41, 5.74) is 14.0. The molecule has 0 radical (unpaired) electrons. The number of ketones is 1. The van der Waals surface area contributed by atoms with Crippen LogP contribution in [0, 0.1) is 0 Å². The van der Waals surface area contributed by atoms with Gasteiger partial charge in [0.15, 0.2) is 0 Å². The number of carbonyl (C=O) groups is 4. The van der Waals surface area contributed by atoms with E-state index < -0.39 is 0 Å². The Hall–Kier alpha value is -5.13. The van der Waals surface area contributed by atoms with Crippen LogP contribution < -0.4 is 4.90 Å². The monoisotopic (exact) mass is 610 g/mol. The van der Waals surface area contributed by atoms with Gasteiger partial charge >= 0.3 is 0 Å². The van der Waals surface area contributed by atoms with Gasteiger partial charge in [0.1, 0.15) is 11.5 Å². The van der Waals surface area contributed by atoms with Crippen molar-refractivity contribution in [2.45, 2.75) is 52.6 Å². The SMILES string of the molecule is CC1=C(C)C(=O)N(CCC(=O)CCCC(=O)N2Cc3ccccc3-c3c(nnn3CCOCCN=[N+]=[N-])-c3ccccc32)C1=O. The highest BCUT2D eigenvalue weighted by atomic mass is 16.5. The standard InChI is InChI=1S/C32H34N8O5/c1-21-22(2)32(44)38(31(21)43)16-14-24(41)9-7-13-28(42)39-20-23-8-3-4-10-25(23)30-29(26-11-5-6-12-27(26)39)35-37-40(30)17-19-45-18-15-34-36-33/h3-6,8,10-12H,7,9,13-20H2,1-2H3. The van der Waals surface area contributed by atoms with Crippen LogP contribution in [0.5, 0.6) is 0 Å². The van der Waals surface area contributed by atoms with Crippen LogP contribution in [-0.2, 0) is 37.0 Å². The largest absolute Gasteiger partial charge is 0.379 e. The fourth-order valence-corrected chi connectivity index (χ4v) is 5.55. The van der Waals surface area contributed by atoms with E-state index in [0.717, 1.165) is 27.3 Å². The van der Waals surface area contributed by atoms with E-state index in [2.05, 4.69) is 20.3 Å². The van der Waals surface area contributed by atoms with E-state index >= 15 is 0 Å². The molecule has 13 heteroatoms. The van der Waals surface area contributed by atoms with E-state index in [9.17, 15) is 19.2 Å². The molecule has 0 unspecified atom stereocenters. The highest BCUT2D eigenvalue weighted by Gasteiger charge is 2.33. The van der Waals surface area contributed by atoms with Gasteiger partial charge in [0, 0.05) is 59.5 Å². The van der Waals surface area contributed by atoms with Gasteiger partial charge in [-0.1, -0.05) is 52.8 Å². The summed E-state index contributed by atoms with van der Waals surface area (Å²) in [7, 11) is 0. The van der Waals surface area contributed by atoms with Crippen LogP contribution in [0.4, 0.5) is 5.69 Å². The molecule has 232 valence electrons. The first-order valence-corrected chi connectivity index (χ1v) is 14.9. The van der Waals surface area contributed by atoms with Crippen LogP contribution in [0.2, 0.25) is 0 Å². The number of anilines is 1. The molecule has 0 bridgehead atoms. The molecule has 1 aromatic heterocycles. The van der Waals surface area contributed by atoms with E-state index in [1.54, 1.807) is 23.4 Å². The third kappa shape index (κ3) is 6.69. The molecule has 2 aliphatic heterocycles. The lowest BCUT2D eigenvalue weighted by Gasteiger charge is -2.28. The molecule has 3 amide bonds. The lowest BCUT2D eigenvalue weighted by atomic mass is 9.95. The molecular formula is C32H34N8O5. The quantitative estimate of drug-likeness (QED) is 0.0896. The number of nitrogens with zero attached hydrogens (tertiary/aromatic N) is 8. The van der Waals surface area contributed by atoms with E-state index in [4.69, 9.17) is 10.3 Å². The molecule has 3 heterocycles. The topological polar surface area (TPSA) is 163 Å². The van der Waals surface area contributed by atoms with Crippen molar-refractivity contribution in [1.29, 1.82) is 0 Å². The normalized spacial score (nSPS) is 14.0. The van der Waals surface area contributed by atoms with Gasteiger partial charge in [-0.3, -0.25) is 24.1 Å². The molecule has 0 saturated heterocycles. The molecule has 5 rings (SSSR count). The minimum Gasteiger partial charge on any atom is -0.379 e. The summed E-state index contributed by atoms with van der Waals surface area (Å²) in [5.74, 6) is -0.938. The maximum absolute atomic E-state index is 13.7. The van der Waals surface area contributed by atoms with Gasteiger partial charge in [-0.05, 0) is 37.4 Å². The van der Waals surface area contributed by atoms with Crippen LogP contribution in [0.3, 0.4) is 0 Å². The van der Waals surface area contributed by atoms with Crippen molar-refractivity contribution < 1.29 is 23.9 Å². The zero-order valence-electron chi connectivity index (χ0n) is 25.3. The van der Waals surface area contributed by atoms with Gasteiger partial charge in [-0.25, -0.2) is 4.68 Å². The molecule has 0 spiro atoms. The Labute approximate surface area is 260 Å². The van der Waals surface area contributed by atoms with E-state index in [1.165, 1.54) is 0 Å².